The lowest BCUT2D eigenvalue weighted by atomic mass is 9.90. The standard InChI is InChI=1S/C22H23NO/c1-3-6-21-20-8-5-4-7-17(20)15-22(16-9-10-16)23(21)18-11-13-19(24-2)14-12-18/h3-5,7-8,11-16,21H,1,6,9-10H2,2H3. The number of benzene rings is 2. The van der Waals surface area contributed by atoms with E-state index in [4.69, 9.17) is 4.74 Å². The van der Waals surface area contributed by atoms with Crippen LogP contribution in [0.1, 0.15) is 36.4 Å². The van der Waals surface area contributed by atoms with Gasteiger partial charge in [0.25, 0.3) is 0 Å². The molecule has 1 aliphatic heterocycles. The van der Waals surface area contributed by atoms with E-state index in [2.05, 4.69) is 54.0 Å². The molecule has 122 valence electrons. The van der Waals surface area contributed by atoms with Crippen molar-refractivity contribution in [1.29, 1.82) is 0 Å². The molecule has 0 saturated heterocycles. The number of rotatable bonds is 5. The average Bonchev–Trinajstić information content (AvgIpc) is 3.47. The summed E-state index contributed by atoms with van der Waals surface area (Å²) in [5, 5.41) is 0. The average molecular weight is 317 g/mol. The third-order valence-corrected chi connectivity index (χ3v) is 4.98. The molecule has 1 aliphatic carbocycles. The van der Waals surface area contributed by atoms with E-state index in [9.17, 15) is 0 Å². The summed E-state index contributed by atoms with van der Waals surface area (Å²) in [5.74, 6) is 1.58. The van der Waals surface area contributed by atoms with Gasteiger partial charge in [-0.2, -0.15) is 0 Å². The number of nitrogens with zero attached hydrogens (tertiary/aromatic N) is 1. The van der Waals surface area contributed by atoms with Crippen LogP contribution in [-0.2, 0) is 0 Å². The summed E-state index contributed by atoms with van der Waals surface area (Å²) < 4.78 is 5.32. The quantitative estimate of drug-likeness (QED) is 0.667. The summed E-state index contributed by atoms with van der Waals surface area (Å²) in [4.78, 5) is 2.51. The van der Waals surface area contributed by atoms with Crippen LogP contribution < -0.4 is 9.64 Å². The predicted molar refractivity (Wildman–Crippen MR) is 100 cm³/mol. The molecule has 1 atom stereocenters. The molecule has 0 N–H and O–H groups in total. The topological polar surface area (TPSA) is 12.5 Å². The maximum atomic E-state index is 5.32. The molecule has 1 heterocycles. The highest BCUT2D eigenvalue weighted by molar-refractivity contribution is 5.71. The fourth-order valence-electron chi connectivity index (χ4n) is 3.65. The van der Waals surface area contributed by atoms with E-state index >= 15 is 0 Å². The van der Waals surface area contributed by atoms with Crippen LogP contribution in [0.5, 0.6) is 5.75 Å². The number of anilines is 1. The van der Waals surface area contributed by atoms with E-state index in [0.29, 0.717) is 12.0 Å². The van der Waals surface area contributed by atoms with Crippen LogP contribution in [-0.4, -0.2) is 7.11 Å². The van der Waals surface area contributed by atoms with E-state index in [1.165, 1.54) is 35.4 Å². The Bertz CT molecular complexity index is 771. The Balaban J connectivity index is 1.83. The van der Waals surface area contributed by atoms with Crippen LogP contribution in [0.3, 0.4) is 0 Å². The van der Waals surface area contributed by atoms with Gasteiger partial charge in [0, 0.05) is 11.4 Å². The minimum absolute atomic E-state index is 0.313. The monoisotopic (exact) mass is 317 g/mol. The second kappa shape index (κ2) is 6.20. The molecule has 0 spiro atoms. The molecule has 0 radical (unpaired) electrons. The number of hydrogen-bond acceptors (Lipinski definition) is 2. The molecule has 0 aromatic heterocycles. The summed E-state index contributed by atoms with van der Waals surface area (Å²) in [6.07, 6.45) is 7.95. The van der Waals surface area contributed by atoms with Crippen molar-refractivity contribution >= 4 is 11.8 Å². The Morgan fingerprint density at radius 3 is 2.54 bits per heavy atom. The highest BCUT2D eigenvalue weighted by Crippen LogP contribution is 2.48. The molecule has 2 aliphatic rings. The Kier molecular flexibility index (Phi) is 3.89. The molecule has 2 nitrogen and oxygen atoms in total. The molecule has 24 heavy (non-hydrogen) atoms. The second-order valence-corrected chi connectivity index (χ2v) is 6.58. The van der Waals surface area contributed by atoms with Crippen molar-refractivity contribution < 1.29 is 4.74 Å². The van der Waals surface area contributed by atoms with Gasteiger partial charge >= 0.3 is 0 Å². The van der Waals surface area contributed by atoms with Gasteiger partial charge in [0.2, 0.25) is 0 Å². The lowest BCUT2D eigenvalue weighted by Gasteiger charge is -2.39. The summed E-state index contributed by atoms with van der Waals surface area (Å²) >= 11 is 0. The second-order valence-electron chi connectivity index (χ2n) is 6.58. The number of hydrogen-bond donors (Lipinski definition) is 0. The van der Waals surface area contributed by atoms with E-state index in [0.717, 1.165) is 12.2 Å². The fraction of sp³-hybridized carbons (Fsp3) is 0.273. The smallest absolute Gasteiger partial charge is 0.119 e. The molecule has 0 amide bonds. The van der Waals surface area contributed by atoms with E-state index in [1.807, 2.05) is 18.2 Å². The summed E-state index contributed by atoms with van der Waals surface area (Å²) in [5.41, 5.74) is 5.43. The van der Waals surface area contributed by atoms with Crippen LogP contribution in [0.15, 0.2) is 66.9 Å². The molecular weight excluding hydrogens is 294 g/mol. The normalized spacial score (nSPS) is 19.5. The van der Waals surface area contributed by atoms with Gasteiger partial charge in [0.1, 0.15) is 5.75 Å². The van der Waals surface area contributed by atoms with Gasteiger partial charge in [0.05, 0.1) is 13.2 Å². The Labute approximate surface area is 144 Å². The van der Waals surface area contributed by atoms with Crippen molar-refractivity contribution in [2.75, 3.05) is 12.0 Å². The first-order valence-electron chi connectivity index (χ1n) is 8.66. The van der Waals surface area contributed by atoms with Gasteiger partial charge in [-0.3, -0.25) is 0 Å². The number of ether oxygens (including phenoxy) is 1. The third-order valence-electron chi connectivity index (χ3n) is 4.98. The molecule has 2 heteroatoms. The summed E-state index contributed by atoms with van der Waals surface area (Å²) in [7, 11) is 1.71. The molecular formula is C22H23NO. The zero-order valence-corrected chi connectivity index (χ0v) is 14.1. The van der Waals surface area contributed by atoms with Crippen molar-refractivity contribution in [2.45, 2.75) is 25.3 Å². The first-order chi connectivity index (χ1) is 11.8. The minimum atomic E-state index is 0.313. The van der Waals surface area contributed by atoms with Crippen molar-refractivity contribution in [3.05, 3.63) is 78.0 Å². The maximum absolute atomic E-state index is 5.32. The summed E-state index contributed by atoms with van der Waals surface area (Å²) in [6, 6.07) is 17.5. The van der Waals surface area contributed by atoms with E-state index in [1.54, 1.807) is 7.11 Å². The first-order valence-corrected chi connectivity index (χ1v) is 8.66. The largest absolute Gasteiger partial charge is 0.497 e. The van der Waals surface area contributed by atoms with Gasteiger partial charge in [-0.25, -0.2) is 0 Å². The molecule has 1 unspecified atom stereocenters. The predicted octanol–water partition coefficient (Wildman–Crippen LogP) is 5.58. The van der Waals surface area contributed by atoms with Gasteiger partial charge in [-0.05, 0) is 66.6 Å². The SMILES string of the molecule is C=CCC1c2ccccc2C=C(C2CC2)N1c1ccc(OC)cc1. The van der Waals surface area contributed by atoms with Crippen LogP contribution in [0.4, 0.5) is 5.69 Å². The Morgan fingerprint density at radius 1 is 1.12 bits per heavy atom. The van der Waals surface area contributed by atoms with Crippen molar-refractivity contribution in [2.24, 2.45) is 5.92 Å². The van der Waals surface area contributed by atoms with Gasteiger partial charge < -0.3 is 9.64 Å². The first kappa shape index (κ1) is 15.1. The zero-order chi connectivity index (χ0) is 16.5. The van der Waals surface area contributed by atoms with Crippen LogP contribution >= 0.6 is 0 Å². The van der Waals surface area contributed by atoms with Crippen molar-refractivity contribution in [1.82, 2.24) is 0 Å². The van der Waals surface area contributed by atoms with Gasteiger partial charge in [0.15, 0.2) is 0 Å². The highest BCUT2D eigenvalue weighted by Gasteiger charge is 2.36. The third kappa shape index (κ3) is 2.62. The van der Waals surface area contributed by atoms with Crippen molar-refractivity contribution in [3.8, 4) is 5.75 Å². The Hall–Kier alpha value is -2.48. The molecule has 0 bridgehead atoms. The highest BCUT2D eigenvalue weighted by atomic mass is 16.5. The van der Waals surface area contributed by atoms with E-state index in [-0.39, 0.29) is 0 Å². The molecule has 1 saturated carbocycles. The van der Waals surface area contributed by atoms with Gasteiger partial charge in [-0.1, -0.05) is 30.3 Å². The molecule has 1 fully saturated rings. The number of allylic oxidation sites excluding steroid dienone is 1. The Morgan fingerprint density at radius 2 is 1.88 bits per heavy atom. The lowest BCUT2D eigenvalue weighted by Crippen LogP contribution is -2.31. The molecule has 2 aromatic rings. The molecule has 2 aromatic carbocycles. The van der Waals surface area contributed by atoms with Crippen LogP contribution in [0, 0.1) is 5.92 Å². The van der Waals surface area contributed by atoms with Crippen molar-refractivity contribution in [3.63, 3.8) is 0 Å². The lowest BCUT2D eigenvalue weighted by molar-refractivity contribution is 0.415. The zero-order valence-electron chi connectivity index (χ0n) is 14.1. The summed E-state index contributed by atoms with van der Waals surface area (Å²) in [6.45, 7) is 4.00. The number of fused-ring (bicyclic) bond motifs is 1. The minimum Gasteiger partial charge on any atom is -0.497 e. The van der Waals surface area contributed by atoms with Crippen LogP contribution in [0.2, 0.25) is 0 Å². The van der Waals surface area contributed by atoms with Crippen LogP contribution in [0.25, 0.3) is 6.08 Å². The fourth-order valence-corrected chi connectivity index (χ4v) is 3.65. The van der Waals surface area contributed by atoms with E-state index < -0.39 is 0 Å². The molecule has 4 rings (SSSR count). The maximum Gasteiger partial charge on any atom is 0.119 e. The number of methoxy groups -OCH3 is 1. The van der Waals surface area contributed by atoms with Gasteiger partial charge in [-0.15, -0.1) is 6.58 Å².